The van der Waals surface area contributed by atoms with E-state index in [-0.39, 0.29) is 32.8 Å². The molecule has 0 amide bonds. The molecule has 18 radical (unpaired) electrons. The van der Waals surface area contributed by atoms with E-state index >= 15 is 0 Å². The van der Waals surface area contributed by atoms with Crippen LogP contribution in [0.5, 0.6) is 0 Å². The second-order valence-electron chi connectivity index (χ2n) is 4.76. The maximum absolute atomic E-state index is 6.12. The largest absolute Gasteiger partial charge is 0.143 e. The molecule has 0 bridgehead atoms. The lowest BCUT2D eigenvalue weighted by atomic mass is 9.52. The van der Waals surface area contributed by atoms with Gasteiger partial charge in [-0.15, -0.1) is 44.2 Å². The molecular formula is C12H4B9Br. The normalized spacial score (nSPS) is 15.5. The molecule has 22 heavy (non-hydrogen) atoms. The van der Waals surface area contributed by atoms with Crippen LogP contribution in [0.15, 0.2) is 21.9 Å². The number of halogens is 1. The highest BCUT2D eigenvalue weighted by atomic mass is 79.9. The zero-order valence-electron chi connectivity index (χ0n) is 11.9. The Balaban J connectivity index is 3.72. The first kappa shape index (κ1) is 19.8. The zero-order chi connectivity index (χ0) is 17.2. The Kier molecular flexibility index (Phi) is 7.24. The highest BCUT2D eigenvalue weighted by Gasteiger charge is 2.25. The number of allylic oxidation sites excluding steroid dienone is 2. The predicted molar refractivity (Wildman–Crippen MR) is 108 cm³/mol. The maximum Gasteiger partial charge on any atom is 0.113 e. The lowest BCUT2D eigenvalue weighted by molar-refractivity contribution is 0.848. The summed E-state index contributed by atoms with van der Waals surface area (Å²) in [5.41, 5.74) is 1.49. The molecule has 0 saturated heterocycles. The van der Waals surface area contributed by atoms with Crippen molar-refractivity contribution in [1.82, 2.24) is 0 Å². The standard InChI is InChI=1S/C12H4B9Br/c13-1-3(14)7(16)5(4(15)2-22)6-8(17)10(19)12(21)11(20)9(6)18/h1-2,5,7H/b3-1-,4-2-. The van der Waals surface area contributed by atoms with E-state index in [1.807, 2.05) is 0 Å². The lowest BCUT2D eigenvalue weighted by Gasteiger charge is -2.33. The third-order valence-electron chi connectivity index (χ3n) is 3.47. The van der Waals surface area contributed by atoms with Gasteiger partial charge in [0, 0.05) is 0 Å². The van der Waals surface area contributed by atoms with E-state index in [9.17, 15) is 0 Å². The molecule has 1 rings (SSSR count). The van der Waals surface area contributed by atoms with E-state index in [1.165, 1.54) is 11.0 Å². The topological polar surface area (TPSA) is 0 Å². The fraction of sp³-hybridized carbons (Fsp3) is 0.167. The van der Waals surface area contributed by atoms with Crippen LogP contribution in [0.2, 0.25) is 5.82 Å². The molecule has 0 spiro atoms. The summed E-state index contributed by atoms with van der Waals surface area (Å²) in [6, 6.07) is 0. The van der Waals surface area contributed by atoms with Gasteiger partial charge in [0.2, 0.25) is 0 Å². The number of hydrogen-bond donors (Lipinski definition) is 0. The third kappa shape index (κ3) is 3.63. The first-order valence-corrected chi connectivity index (χ1v) is 7.10. The summed E-state index contributed by atoms with van der Waals surface area (Å²) >= 11 is 3.15. The second-order valence-corrected chi connectivity index (χ2v) is 5.22. The molecule has 0 aliphatic heterocycles. The highest BCUT2D eigenvalue weighted by molar-refractivity contribution is 9.11. The molecule has 10 heteroatoms. The predicted octanol–water partition coefficient (Wildman–Crippen LogP) is -3.72. The molecule has 86 valence electrons. The fourth-order valence-corrected chi connectivity index (χ4v) is 2.42. The van der Waals surface area contributed by atoms with Gasteiger partial charge in [0.15, 0.2) is 0 Å². The Hall–Kier alpha value is -0.236. The minimum Gasteiger partial charge on any atom is -0.143 e. The van der Waals surface area contributed by atoms with Crippen molar-refractivity contribution in [3.05, 3.63) is 27.5 Å². The van der Waals surface area contributed by atoms with E-state index in [0.717, 1.165) is 0 Å². The summed E-state index contributed by atoms with van der Waals surface area (Å²) in [6.07, 6.45) is 0. The van der Waals surface area contributed by atoms with Crippen molar-refractivity contribution in [3.63, 3.8) is 0 Å². The van der Waals surface area contributed by atoms with Crippen LogP contribution < -0.4 is 27.3 Å². The van der Waals surface area contributed by atoms with Crippen LogP contribution in [0.25, 0.3) is 0 Å². The van der Waals surface area contributed by atoms with Crippen molar-refractivity contribution in [3.8, 4) is 0 Å². The van der Waals surface area contributed by atoms with Gasteiger partial charge in [0.05, 0.1) is 7.85 Å². The Bertz CT molecular complexity index is 609. The van der Waals surface area contributed by atoms with E-state index in [1.54, 1.807) is 0 Å². The molecule has 2 unspecified atom stereocenters. The van der Waals surface area contributed by atoms with Crippen molar-refractivity contribution >= 4 is 114 Å². The molecular weight excluding hydrogens is 321 g/mol. The molecule has 0 saturated carbocycles. The Morgan fingerprint density at radius 1 is 0.818 bits per heavy atom. The lowest BCUT2D eigenvalue weighted by Crippen LogP contribution is -2.57. The number of rotatable bonds is 4. The molecule has 0 fully saturated rings. The summed E-state index contributed by atoms with van der Waals surface area (Å²) in [5.74, 6) is -0.301. The first-order chi connectivity index (χ1) is 10.2. The smallest absolute Gasteiger partial charge is 0.113 e. The van der Waals surface area contributed by atoms with Crippen molar-refractivity contribution in [2.75, 3.05) is 0 Å². The molecule has 0 N–H and O–H groups in total. The first-order valence-electron chi connectivity index (χ1n) is 6.18. The van der Waals surface area contributed by atoms with Gasteiger partial charge in [-0.2, -0.15) is 0 Å². The summed E-state index contributed by atoms with van der Waals surface area (Å²) in [4.78, 5) is 1.48. The van der Waals surface area contributed by atoms with Gasteiger partial charge >= 0.3 is 0 Å². The average molecular weight is 325 g/mol. The van der Waals surface area contributed by atoms with Gasteiger partial charge in [-0.3, -0.25) is 0 Å². The quantitative estimate of drug-likeness (QED) is 0.500. The van der Waals surface area contributed by atoms with E-state index in [4.69, 9.17) is 70.6 Å². The minimum absolute atomic E-state index is 0.106. The molecule has 2 atom stereocenters. The average Bonchev–Trinajstić information content (AvgIpc) is 2.52. The Labute approximate surface area is 152 Å². The summed E-state index contributed by atoms with van der Waals surface area (Å²) < 4.78 is 0. The summed E-state index contributed by atoms with van der Waals surface area (Å²) in [5, 5.41) is 0. The highest BCUT2D eigenvalue weighted by Crippen LogP contribution is 2.34. The van der Waals surface area contributed by atoms with Crippen LogP contribution in [0.3, 0.4) is 0 Å². The van der Waals surface area contributed by atoms with Crippen LogP contribution in [0.4, 0.5) is 0 Å². The van der Waals surface area contributed by atoms with Crippen molar-refractivity contribution in [2.45, 2.75) is 11.7 Å². The maximum atomic E-state index is 6.12. The molecule has 0 aromatic heterocycles. The van der Waals surface area contributed by atoms with Crippen LogP contribution in [0.1, 0.15) is 11.5 Å². The van der Waals surface area contributed by atoms with Gasteiger partial charge < -0.3 is 0 Å². The molecule has 0 aliphatic carbocycles. The third-order valence-corrected chi connectivity index (χ3v) is 4.00. The SMILES string of the molecule is [B]/C=C(\[B])C([B])C(/C([B])=C/Br)c1c([B])c([B])c([B])c([B])c1[B]. The summed E-state index contributed by atoms with van der Waals surface area (Å²) in [7, 11) is 52.9. The van der Waals surface area contributed by atoms with Gasteiger partial charge in [0.25, 0.3) is 0 Å². The van der Waals surface area contributed by atoms with E-state index in [0.29, 0.717) is 11.0 Å². The molecule has 0 heterocycles. The van der Waals surface area contributed by atoms with Gasteiger partial charge in [-0.25, -0.2) is 0 Å². The molecule has 0 aliphatic rings. The van der Waals surface area contributed by atoms with E-state index < -0.39 is 11.7 Å². The molecule has 1 aromatic rings. The monoisotopic (exact) mass is 326 g/mol. The molecule has 0 nitrogen and oxygen atoms in total. The van der Waals surface area contributed by atoms with Crippen LogP contribution >= 0.6 is 15.9 Å². The van der Waals surface area contributed by atoms with Crippen LogP contribution in [-0.4, -0.2) is 70.6 Å². The van der Waals surface area contributed by atoms with Crippen molar-refractivity contribution in [2.24, 2.45) is 0 Å². The Morgan fingerprint density at radius 3 is 1.59 bits per heavy atom. The fourth-order valence-electron chi connectivity index (χ4n) is 2.13. The number of hydrogen-bond acceptors (Lipinski definition) is 0. The van der Waals surface area contributed by atoms with E-state index in [2.05, 4.69) is 15.9 Å². The minimum atomic E-state index is -0.786. The Morgan fingerprint density at radius 2 is 1.23 bits per heavy atom. The van der Waals surface area contributed by atoms with Crippen molar-refractivity contribution < 1.29 is 0 Å². The number of benzene rings is 1. The van der Waals surface area contributed by atoms with Gasteiger partial charge in [-0.05, 0) is 10.9 Å². The van der Waals surface area contributed by atoms with Crippen LogP contribution in [0, 0.1) is 0 Å². The van der Waals surface area contributed by atoms with Gasteiger partial charge in [-0.1, -0.05) is 27.3 Å². The second kappa shape index (κ2) is 8.04. The van der Waals surface area contributed by atoms with Crippen LogP contribution in [-0.2, 0) is 0 Å². The van der Waals surface area contributed by atoms with Gasteiger partial charge in [0.1, 0.15) is 62.8 Å². The zero-order valence-corrected chi connectivity index (χ0v) is 13.5. The molecule has 1 aromatic carbocycles. The summed E-state index contributed by atoms with van der Waals surface area (Å²) in [6.45, 7) is 0. The van der Waals surface area contributed by atoms with Crippen molar-refractivity contribution in [1.29, 1.82) is 0 Å².